The van der Waals surface area contributed by atoms with Gasteiger partial charge in [-0.05, 0) is 52.2 Å². The molecule has 8 nitrogen and oxygen atoms in total. The minimum absolute atomic E-state index is 0.0135. The van der Waals surface area contributed by atoms with Gasteiger partial charge >= 0.3 is 6.09 Å². The zero-order chi connectivity index (χ0) is 20.9. The van der Waals surface area contributed by atoms with Gasteiger partial charge in [-0.1, -0.05) is 12.1 Å². The monoisotopic (exact) mass is 411 g/mol. The lowest BCUT2D eigenvalue weighted by atomic mass is 10.1. The molecule has 156 valence electrons. The van der Waals surface area contributed by atoms with Crippen LogP contribution in [0, 0.1) is 0 Å². The van der Waals surface area contributed by atoms with E-state index in [-0.39, 0.29) is 29.3 Å². The van der Waals surface area contributed by atoms with E-state index in [9.17, 15) is 18.0 Å². The molecule has 0 unspecified atom stereocenters. The van der Waals surface area contributed by atoms with Crippen molar-refractivity contribution in [1.82, 2.24) is 10.2 Å². The van der Waals surface area contributed by atoms with E-state index in [4.69, 9.17) is 4.74 Å². The summed E-state index contributed by atoms with van der Waals surface area (Å²) in [7, 11) is -3.49. The number of carbonyl (C=O) groups excluding carboxylic acids is 2. The number of nitrogens with zero attached hydrogens (tertiary/aromatic N) is 1. The number of likely N-dealkylation sites (tertiary alicyclic amines) is 1. The second kappa shape index (κ2) is 8.81. The fraction of sp³-hybridized carbons (Fsp3) is 0.579. The van der Waals surface area contributed by atoms with Gasteiger partial charge in [-0.25, -0.2) is 13.2 Å². The second-order valence-electron chi connectivity index (χ2n) is 7.93. The van der Waals surface area contributed by atoms with Gasteiger partial charge in [0.05, 0.1) is 17.5 Å². The molecular formula is C19H29N3O5S. The Kier molecular flexibility index (Phi) is 6.92. The Morgan fingerprint density at radius 2 is 1.93 bits per heavy atom. The molecule has 1 saturated heterocycles. The van der Waals surface area contributed by atoms with E-state index in [1.54, 1.807) is 23.1 Å². The number of para-hydroxylation sites is 1. The molecule has 0 aliphatic carbocycles. The molecule has 9 heteroatoms. The Bertz CT molecular complexity index is 817. The normalized spacial score (nSPS) is 17.3. The molecule has 1 aromatic carbocycles. The molecule has 0 radical (unpaired) electrons. The standard InChI is InChI=1S/C19H29N3O5S/c1-19(2,3)27-18(24)22-13-7-8-14(22)11-12-20-17(23)15-9-5-6-10-16(15)21-28(4,25)26/h5-6,9-10,14,21H,7-8,11-13H2,1-4H3,(H,20,23)/t14-/m0/s1. The van der Waals surface area contributed by atoms with Crippen molar-refractivity contribution in [2.75, 3.05) is 24.1 Å². The fourth-order valence-corrected chi connectivity index (χ4v) is 3.69. The highest BCUT2D eigenvalue weighted by Crippen LogP contribution is 2.23. The summed E-state index contributed by atoms with van der Waals surface area (Å²) in [4.78, 5) is 26.5. The number of sulfonamides is 1. The van der Waals surface area contributed by atoms with Crippen molar-refractivity contribution in [2.24, 2.45) is 0 Å². The van der Waals surface area contributed by atoms with E-state index in [0.717, 1.165) is 19.1 Å². The molecule has 1 fully saturated rings. The molecule has 0 saturated carbocycles. The van der Waals surface area contributed by atoms with E-state index >= 15 is 0 Å². The summed E-state index contributed by atoms with van der Waals surface area (Å²) >= 11 is 0. The van der Waals surface area contributed by atoms with Crippen LogP contribution < -0.4 is 10.0 Å². The number of nitrogens with one attached hydrogen (secondary N) is 2. The molecular weight excluding hydrogens is 382 g/mol. The van der Waals surface area contributed by atoms with Crippen LogP contribution >= 0.6 is 0 Å². The first-order chi connectivity index (χ1) is 13.0. The van der Waals surface area contributed by atoms with Gasteiger partial charge in [0.15, 0.2) is 0 Å². The maximum absolute atomic E-state index is 12.5. The van der Waals surface area contributed by atoms with E-state index in [1.165, 1.54) is 6.07 Å². The number of benzene rings is 1. The van der Waals surface area contributed by atoms with Gasteiger partial charge in [-0.2, -0.15) is 0 Å². The van der Waals surface area contributed by atoms with E-state index in [2.05, 4.69) is 10.0 Å². The smallest absolute Gasteiger partial charge is 0.410 e. The summed E-state index contributed by atoms with van der Waals surface area (Å²) in [5.74, 6) is -0.367. The van der Waals surface area contributed by atoms with Crippen LogP contribution in [-0.4, -0.2) is 56.3 Å². The van der Waals surface area contributed by atoms with Crippen LogP contribution in [0.2, 0.25) is 0 Å². The summed E-state index contributed by atoms with van der Waals surface area (Å²) in [6.45, 7) is 6.51. The highest BCUT2D eigenvalue weighted by atomic mass is 32.2. The van der Waals surface area contributed by atoms with E-state index in [1.807, 2.05) is 20.8 Å². The van der Waals surface area contributed by atoms with Gasteiger partial charge in [0.25, 0.3) is 5.91 Å². The molecule has 28 heavy (non-hydrogen) atoms. The van der Waals surface area contributed by atoms with Crippen LogP contribution in [0.5, 0.6) is 0 Å². The predicted molar refractivity (Wildman–Crippen MR) is 108 cm³/mol. The average molecular weight is 412 g/mol. The van der Waals surface area contributed by atoms with Gasteiger partial charge in [0, 0.05) is 19.1 Å². The summed E-state index contributed by atoms with van der Waals surface area (Å²) in [6.07, 6.45) is 3.07. The minimum Gasteiger partial charge on any atom is -0.444 e. The molecule has 2 N–H and O–H groups in total. The summed E-state index contributed by atoms with van der Waals surface area (Å²) in [5.41, 5.74) is -0.0588. The minimum atomic E-state index is -3.49. The van der Waals surface area contributed by atoms with Crippen LogP contribution in [0.3, 0.4) is 0 Å². The molecule has 2 amide bonds. The molecule has 1 aliphatic heterocycles. The Morgan fingerprint density at radius 1 is 1.25 bits per heavy atom. The number of anilines is 1. The first-order valence-corrected chi connectivity index (χ1v) is 11.2. The van der Waals surface area contributed by atoms with Crippen molar-refractivity contribution in [1.29, 1.82) is 0 Å². The lowest BCUT2D eigenvalue weighted by Crippen LogP contribution is -2.41. The first kappa shape index (κ1) is 22.0. The Morgan fingerprint density at radius 3 is 2.57 bits per heavy atom. The number of amides is 2. The Labute approximate surface area is 166 Å². The van der Waals surface area contributed by atoms with Gasteiger partial charge in [0.2, 0.25) is 10.0 Å². The zero-order valence-corrected chi connectivity index (χ0v) is 17.6. The van der Waals surface area contributed by atoms with Gasteiger partial charge in [0.1, 0.15) is 5.60 Å². The number of carbonyl (C=O) groups is 2. The van der Waals surface area contributed by atoms with Crippen LogP contribution in [0.15, 0.2) is 24.3 Å². The second-order valence-corrected chi connectivity index (χ2v) is 9.68. The van der Waals surface area contributed by atoms with Crippen LogP contribution in [0.4, 0.5) is 10.5 Å². The molecule has 0 bridgehead atoms. The van der Waals surface area contributed by atoms with E-state index in [0.29, 0.717) is 19.5 Å². The molecule has 1 aliphatic rings. The van der Waals surface area contributed by atoms with Gasteiger partial charge < -0.3 is 15.0 Å². The van der Waals surface area contributed by atoms with Crippen LogP contribution in [-0.2, 0) is 14.8 Å². The summed E-state index contributed by atoms with van der Waals surface area (Å²) in [6, 6.07) is 6.44. The third kappa shape index (κ3) is 6.70. The van der Waals surface area contributed by atoms with Crippen molar-refractivity contribution < 1.29 is 22.7 Å². The summed E-state index contributed by atoms with van der Waals surface area (Å²) in [5, 5.41) is 2.81. The molecule has 2 rings (SSSR count). The highest BCUT2D eigenvalue weighted by molar-refractivity contribution is 7.92. The topological polar surface area (TPSA) is 105 Å². The largest absolute Gasteiger partial charge is 0.444 e. The van der Waals surface area contributed by atoms with E-state index < -0.39 is 15.6 Å². The Balaban J connectivity index is 1.93. The first-order valence-electron chi connectivity index (χ1n) is 9.31. The third-order valence-corrected chi connectivity index (χ3v) is 4.83. The lowest BCUT2D eigenvalue weighted by molar-refractivity contribution is 0.0221. The van der Waals surface area contributed by atoms with Gasteiger partial charge in [-0.15, -0.1) is 0 Å². The molecule has 1 aromatic rings. The number of hydrogen-bond donors (Lipinski definition) is 2. The zero-order valence-electron chi connectivity index (χ0n) is 16.8. The van der Waals surface area contributed by atoms with Crippen molar-refractivity contribution >= 4 is 27.7 Å². The van der Waals surface area contributed by atoms with Crippen molar-refractivity contribution in [3.8, 4) is 0 Å². The number of ether oxygens (including phenoxy) is 1. The Hall–Kier alpha value is -2.29. The predicted octanol–water partition coefficient (Wildman–Crippen LogP) is 2.58. The quantitative estimate of drug-likeness (QED) is 0.749. The molecule has 1 atom stereocenters. The molecule has 1 heterocycles. The van der Waals surface area contributed by atoms with Crippen LogP contribution in [0.25, 0.3) is 0 Å². The van der Waals surface area contributed by atoms with Crippen molar-refractivity contribution in [3.63, 3.8) is 0 Å². The van der Waals surface area contributed by atoms with Crippen molar-refractivity contribution in [3.05, 3.63) is 29.8 Å². The third-order valence-electron chi connectivity index (χ3n) is 4.24. The number of hydrogen-bond acceptors (Lipinski definition) is 5. The SMILES string of the molecule is CC(C)(C)OC(=O)N1CCC[C@H]1CCNC(=O)c1ccccc1NS(C)(=O)=O. The van der Waals surface area contributed by atoms with Crippen LogP contribution in [0.1, 0.15) is 50.4 Å². The number of rotatable bonds is 6. The summed E-state index contributed by atoms with van der Waals surface area (Å²) < 4.78 is 30.7. The molecule has 0 aromatic heterocycles. The maximum atomic E-state index is 12.5. The van der Waals surface area contributed by atoms with Gasteiger partial charge in [-0.3, -0.25) is 9.52 Å². The fourth-order valence-electron chi connectivity index (χ4n) is 3.11. The average Bonchev–Trinajstić information content (AvgIpc) is 3.01. The maximum Gasteiger partial charge on any atom is 0.410 e. The molecule has 0 spiro atoms. The lowest BCUT2D eigenvalue weighted by Gasteiger charge is -2.28. The highest BCUT2D eigenvalue weighted by Gasteiger charge is 2.31. The van der Waals surface area contributed by atoms with Crippen molar-refractivity contribution in [2.45, 2.75) is 51.7 Å².